The first-order valence-corrected chi connectivity index (χ1v) is 20.6. The summed E-state index contributed by atoms with van der Waals surface area (Å²) in [5.41, 5.74) is 0. The maximum atomic E-state index is 11.9. The molecule has 1 heterocycles. The summed E-state index contributed by atoms with van der Waals surface area (Å²) in [6.07, 6.45) is 36.6. The van der Waals surface area contributed by atoms with Crippen LogP contribution >= 0.6 is 0 Å². The molecule has 0 aromatic rings. The fourth-order valence-electron chi connectivity index (χ4n) is 6.88. The third kappa shape index (κ3) is 29.5. The maximum Gasteiger partial charge on any atom is 0.307 e. The molecule has 1 saturated heterocycles. The van der Waals surface area contributed by atoms with E-state index in [1.165, 1.54) is 148 Å². The summed E-state index contributed by atoms with van der Waals surface area (Å²) in [7, 11) is 0. The third-order valence-electron chi connectivity index (χ3n) is 10.0. The van der Waals surface area contributed by atoms with E-state index in [1.807, 2.05) is 6.92 Å². The smallest absolute Gasteiger partial charge is 0.307 e. The van der Waals surface area contributed by atoms with Gasteiger partial charge in [0.1, 0.15) is 12.7 Å². The van der Waals surface area contributed by atoms with E-state index in [-0.39, 0.29) is 24.8 Å². The van der Waals surface area contributed by atoms with Crippen LogP contribution in [0.5, 0.6) is 0 Å². The van der Waals surface area contributed by atoms with Crippen molar-refractivity contribution in [1.82, 2.24) is 0 Å². The minimum absolute atomic E-state index is 0.0625. The highest BCUT2D eigenvalue weighted by atomic mass is 16.7. The molecule has 1 rings (SSSR count). The van der Waals surface area contributed by atoms with Crippen LogP contribution in [0.4, 0.5) is 0 Å². The van der Waals surface area contributed by atoms with Gasteiger partial charge in [0.2, 0.25) is 0 Å². The Morgan fingerprint density at radius 2 is 0.894 bits per heavy atom. The molecule has 0 radical (unpaired) electrons. The summed E-state index contributed by atoms with van der Waals surface area (Å²) in [4.78, 5) is 23.7. The van der Waals surface area contributed by atoms with Gasteiger partial charge in [-0.3, -0.25) is 9.59 Å². The Morgan fingerprint density at radius 1 is 0.532 bits per heavy atom. The minimum atomic E-state index is -0.130. The maximum absolute atomic E-state index is 11.9. The molecule has 0 bridgehead atoms. The van der Waals surface area contributed by atoms with Crippen LogP contribution in [0.2, 0.25) is 0 Å². The Hall–Kier alpha value is -1.14. The van der Waals surface area contributed by atoms with E-state index in [0.29, 0.717) is 26.1 Å². The predicted molar refractivity (Wildman–Crippen MR) is 196 cm³/mol. The van der Waals surface area contributed by atoms with Gasteiger partial charge in [0.05, 0.1) is 6.61 Å². The summed E-state index contributed by atoms with van der Waals surface area (Å²) in [6.45, 7) is 8.36. The number of carbonyl (C=O) groups is 2. The zero-order chi connectivity index (χ0) is 34.0. The summed E-state index contributed by atoms with van der Waals surface area (Å²) in [5, 5.41) is 0. The fraction of sp³-hybridized carbons (Fsp3) is 0.951. The zero-order valence-electron chi connectivity index (χ0n) is 31.5. The van der Waals surface area contributed by atoms with Crippen molar-refractivity contribution in [2.45, 2.75) is 213 Å². The molecule has 0 aliphatic carbocycles. The lowest BCUT2D eigenvalue weighted by atomic mass is 9.78. The molecule has 0 spiro atoms. The number of hydrogen-bond acceptors (Lipinski definition) is 6. The lowest BCUT2D eigenvalue weighted by molar-refractivity contribution is -0.156. The molecular formula is C41H78O6. The third-order valence-corrected chi connectivity index (χ3v) is 10.0. The fourth-order valence-corrected chi connectivity index (χ4v) is 6.88. The Bertz CT molecular complexity index is 693. The largest absolute Gasteiger partial charge is 0.463 e. The van der Waals surface area contributed by atoms with Crippen molar-refractivity contribution in [3.63, 3.8) is 0 Å². The molecule has 47 heavy (non-hydrogen) atoms. The summed E-state index contributed by atoms with van der Waals surface area (Å²) in [5.74, 6) is 1.56. The first kappa shape index (κ1) is 43.9. The first-order valence-electron chi connectivity index (χ1n) is 20.6. The number of rotatable bonds is 37. The van der Waals surface area contributed by atoms with Crippen LogP contribution in [-0.4, -0.2) is 44.7 Å². The van der Waals surface area contributed by atoms with Gasteiger partial charge < -0.3 is 18.9 Å². The van der Waals surface area contributed by atoms with Crippen LogP contribution in [0.25, 0.3) is 0 Å². The normalized spacial score (nSPS) is 15.4. The summed E-state index contributed by atoms with van der Waals surface area (Å²) < 4.78 is 20.6. The Balaban J connectivity index is 2.46. The molecule has 0 amide bonds. The van der Waals surface area contributed by atoms with Gasteiger partial charge in [0, 0.05) is 19.4 Å². The SMILES string of the molecule is CCCCCCCCC(CCCCCCCCC(=O)OCC1CO1)C(CCCCCCCC)CCCCCCCC(=O)OCOCC. The number of hydrogen-bond donors (Lipinski definition) is 0. The topological polar surface area (TPSA) is 74.4 Å². The molecule has 278 valence electrons. The molecule has 6 nitrogen and oxygen atoms in total. The van der Waals surface area contributed by atoms with E-state index >= 15 is 0 Å². The number of ether oxygens (including phenoxy) is 4. The number of unbranched alkanes of at least 4 members (excludes halogenated alkanes) is 19. The van der Waals surface area contributed by atoms with Gasteiger partial charge in [-0.05, 0) is 31.6 Å². The number of carbonyl (C=O) groups excluding carboxylic acids is 2. The minimum Gasteiger partial charge on any atom is -0.463 e. The van der Waals surface area contributed by atoms with Gasteiger partial charge in [-0.2, -0.15) is 0 Å². The monoisotopic (exact) mass is 667 g/mol. The molecule has 1 aliphatic heterocycles. The van der Waals surface area contributed by atoms with Gasteiger partial charge >= 0.3 is 11.9 Å². The van der Waals surface area contributed by atoms with Crippen molar-refractivity contribution in [1.29, 1.82) is 0 Å². The summed E-state index contributed by atoms with van der Waals surface area (Å²) in [6, 6.07) is 0. The molecule has 3 atom stereocenters. The molecule has 0 saturated carbocycles. The molecule has 0 aromatic carbocycles. The van der Waals surface area contributed by atoms with E-state index in [1.54, 1.807) is 0 Å². The van der Waals surface area contributed by atoms with Gasteiger partial charge in [-0.1, -0.05) is 174 Å². The van der Waals surface area contributed by atoms with Crippen LogP contribution in [0.3, 0.4) is 0 Å². The van der Waals surface area contributed by atoms with Crippen LogP contribution < -0.4 is 0 Å². The van der Waals surface area contributed by atoms with Crippen LogP contribution in [0.15, 0.2) is 0 Å². The Morgan fingerprint density at radius 3 is 1.28 bits per heavy atom. The molecule has 1 aliphatic rings. The van der Waals surface area contributed by atoms with Gasteiger partial charge in [-0.25, -0.2) is 0 Å². The number of esters is 2. The van der Waals surface area contributed by atoms with E-state index in [2.05, 4.69) is 13.8 Å². The molecule has 1 fully saturated rings. The number of epoxide rings is 1. The van der Waals surface area contributed by atoms with Crippen molar-refractivity contribution in [2.75, 3.05) is 26.6 Å². The van der Waals surface area contributed by atoms with E-state index in [4.69, 9.17) is 18.9 Å². The van der Waals surface area contributed by atoms with Crippen molar-refractivity contribution >= 4 is 11.9 Å². The summed E-state index contributed by atoms with van der Waals surface area (Å²) >= 11 is 0. The Labute approximate surface area is 291 Å². The Kier molecular flexibility index (Phi) is 31.1. The highest BCUT2D eigenvalue weighted by Gasteiger charge is 2.24. The highest BCUT2D eigenvalue weighted by Crippen LogP contribution is 2.34. The second-order valence-electron chi connectivity index (χ2n) is 14.4. The van der Waals surface area contributed by atoms with E-state index in [9.17, 15) is 9.59 Å². The first-order chi connectivity index (χ1) is 23.1. The quantitative estimate of drug-likeness (QED) is 0.0284. The standard InChI is InChI=1S/C41H78O6/c1-4-7-9-11-16-22-28-37(30-24-18-13-14-20-26-32-40(42)46-35-39-34-45-39)38(29-23-17-12-10-8-5-2)31-25-19-15-21-27-33-41(43)47-36-44-6-3/h37-39H,4-36H2,1-3H3. The lowest BCUT2D eigenvalue weighted by Gasteiger charge is -2.28. The van der Waals surface area contributed by atoms with Crippen LogP contribution in [0.1, 0.15) is 207 Å². The second-order valence-corrected chi connectivity index (χ2v) is 14.4. The molecule has 3 unspecified atom stereocenters. The van der Waals surface area contributed by atoms with Gasteiger partial charge in [0.15, 0.2) is 6.79 Å². The van der Waals surface area contributed by atoms with Crippen molar-refractivity contribution < 1.29 is 28.5 Å². The van der Waals surface area contributed by atoms with Crippen molar-refractivity contribution in [3.8, 4) is 0 Å². The molecular weight excluding hydrogens is 588 g/mol. The van der Waals surface area contributed by atoms with E-state index in [0.717, 1.165) is 44.1 Å². The highest BCUT2D eigenvalue weighted by molar-refractivity contribution is 5.69. The van der Waals surface area contributed by atoms with Crippen LogP contribution in [-0.2, 0) is 28.5 Å². The van der Waals surface area contributed by atoms with Gasteiger partial charge in [0.25, 0.3) is 0 Å². The average Bonchev–Trinajstić information content (AvgIpc) is 3.90. The molecule has 0 N–H and O–H groups in total. The molecule has 0 aromatic heterocycles. The lowest BCUT2D eigenvalue weighted by Crippen LogP contribution is -2.16. The second kappa shape index (κ2) is 33.4. The van der Waals surface area contributed by atoms with Gasteiger partial charge in [-0.15, -0.1) is 0 Å². The van der Waals surface area contributed by atoms with Crippen LogP contribution in [0, 0.1) is 11.8 Å². The predicted octanol–water partition coefficient (Wildman–Crippen LogP) is 12.1. The molecule has 6 heteroatoms. The van der Waals surface area contributed by atoms with Crippen molar-refractivity contribution in [2.24, 2.45) is 11.8 Å². The zero-order valence-corrected chi connectivity index (χ0v) is 31.5. The average molecular weight is 667 g/mol. The van der Waals surface area contributed by atoms with Crippen molar-refractivity contribution in [3.05, 3.63) is 0 Å². The van der Waals surface area contributed by atoms with E-state index < -0.39 is 0 Å².